The standard InChI is InChI=1S/C24H21FN8O2/c1-3-16(30-21-19(20(26)27-12-28-21)23-29-13(2)32-35-23)22-31-17-10-6-4-8-14(17)24(34)33(22)18-11-7-5-9-15(18)25/h4-12,16H,3H2,1-2H3,(H3,26,27,28,30)/t16-/m0/s1. The van der Waals surface area contributed by atoms with Crippen molar-refractivity contribution in [3.63, 3.8) is 0 Å². The molecule has 11 heteroatoms. The first-order valence-corrected chi connectivity index (χ1v) is 10.9. The molecule has 0 amide bonds. The van der Waals surface area contributed by atoms with E-state index >= 15 is 0 Å². The van der Waals surface area contributed by atoms with Crippen molar-refractivity contribution in [1.29, 1.82) is 0 Å². The van der Waals surface area contributed by atoms with Crippen LogP contribution >= 0.6 is 0 Å². The summed E-state index contributed by atoms with van der Waals surface area (Å²) in [5.41, 5.74) is 6.65. The fraction of sp³-hybridized carbons (Fsp3) is 0.167. The van der Waals surface area contributed by atoms with Crippen LogP contribution in [0.4, 0.5) is 16.0 Å². The molecule has 0 saturated carbocycles. The molecule has 35 heavy (non-hydrogen) atoms. The van der Waals surface area contributed by atoms with Gasteiger partial charge in [0.15, 0.2) is 5.82 Å². The zero-order chi connectivity index (χ0) is 24.5. The first-order chi connectivity index (χ1) is 17.0. The average molecular weight is 472 g/mol. The van der Waals surface area contributed by atoms with Gasteiger partial charge in [0.1, 0.15) is 35.2 Å². The quantitative estimate of drug-likeness (QED) is 0.378. The Morgan fingerprint density at radius 1 is 1.11 bits per heavy atom. The molecular formula is C24H21FN8O2. The van der Waals surface area contributed by atoms with Crippen molar-refractivity contribution in [3.05, 3.63) is 82.7 Å². The highest BCUT2D eigenvalue weighted by atomic mass is 19.1. The van der Waals surface area contributed by atoms with Gasteiger partial charge in [-0.05, 0) is 37.6 Å². The molecule has 3 heterocycles. The van der Waals surface area contributed by atoms with E-state index in [1.54, 1.807) is 49.4 Å². The van der Waals surface area contributed by atoms with Crippen LogP contribution in [0.3, 0.4) is 0 Å². The number of anilines is 2. The second kappa shape index (κ2) is 8.93. The van der Waals surface area contributed by atoms with Crippen molar-refractivity contribution in [1.82, 2.24) is 29.7 Å². The Morgan fingerprint density at radius 2 is 1.89 bits per heavy atom. The van der Waals surface area contributed by atoms with Gasteiger partial charge in [0.25, 0.3) is 11.4 Å². The lowest BCUT2D eigenvalue weighted by Crippen LogP contribution is -2.29. The Labute approximate surface area is 198 Å². The molecule has 1 atom stereocenters. The zero-order valence-electron chi connectivity index (χ0n) is 18.9. The third-order valence-electron chi connectivity index (χ3n) is 5.54. The normalized spacial score (nSPS) is 12.1. The molecule has 0 saturated heterocycles. The maximum Gasteiger partial charge on any atom is 0.266 e. The van der Waals surface area contributed by atoms with E-state index in [1.165, 1.54) is 17.0 Å². The molecule has 0 radical (unpaired) electrons. The second-order valence-corrected chi connectivity index (χ2v) is 7.81. The van der Waals surface area contributed by atoms with Gasteiger partial charge in [-0.1, -0.05) is 36.3 Å². The van der Waals surface area contributed by atoms with Crippen LogP contribution in [0.5, 0.6) is 0 Å². The van der Waals surface area contributed by atoms with E-state index in [4.69, 9.17) is 15.2 Å². The molecular weight excluding hydrogens is 451 g/mol. The Kier molecular flexibility index (Phi) is 5.65. The Morgan fingerprint density at radius 3 is 2.63 bits per heavy atom. The van der Waals surface area contributed by atoms with Gasteiger partial charge < -0.3 is 15.6 Å². The van der Waals surface area contributed by atoms with E-state index in [9.17, 15) is 9.18 Å². The number of nitrogens with two attached hydrogens (primary N) is 1. The zero-order valence-corrected chi connectivity index (χ0v) is 18.9. The first kappa shape index (κ1) is 22.1. The van der Waals surface area contributed by atoms with Crippen LogP contribution < -0.4 is 16.6 Å². The lowest BCUT2D eigenvalue weighted by atomic mass is 10.1. The van der Waals surface area contributed by atoms with Crippen LogP contribution in [-0.4, -0.2) is 29.7 Å². The predicted molar refractivity (Wildman–Crippen MR) is 128 cm³/mol. The summed E-state index contributed by atoms with van der Waals surface area (Å²) >= 11 is 0. The summed E-state index contributed by atoms with van der Waals surface area (Å²) in [6.07, 6.45) is 1.78. The molecule has 3 N–H and O–H groups in total. The summed E-state index contributed by atoms with van der Waals surface area (Å²) in [5, 5.41) is 7.48. The lowest BCUT2D eigenvalue weighted by molar-refractivity contribution is 0.425. The first-order valence-electron chi connectivity index (χ1n) is 10.9. The Bertz CT molecular complexity index is 1600. The average Bonchev–Trinajstić information content (AvgIpc) is 3.29. The Balaban J connectivity index is 1.71. The number of benzene rings is 2. The third-order valence-corrected chi connectivity index (χ3v) is 5.54. The van der Waals surface area contributed by atoms with Gasteiger partial charge in [-0.25, -0.2) is 19.3 Å². The highest BCUT2D eigenvalue weighted by molar-refractivity contribution is 5.79. The van der Waals surface area contributed by atoms with Crippen LogP contribution in [0.15, 0.2) is 64.2 Å². The smallest absolute Gasteiger partial charge is 0.266 e. The monoisotopic (exact) mass is 472 g/mol. The molecule has 2 aromatic carbocycles. The number of aryl methyl sites for hydroxylation is 1. The third kappa shape index (κ3) is 3.97. The van der Waals surface area contributed by atoms with E-state index in [2.05, 4.69) is 25.4 Å². The van der Waals surface area contributed by atoms with E-state index in [-0.39, 0.29) is 23.0 Å². The van der Waals surface area contributed by atoms with Crippen LogP contribution in [-0.2, 0) is 0 Å². The lowest BCUT2D eigenvalue weighted by Gasteiger charge is -2.23. The van der Waals surface area contributed by atoms with Crippen molar-refractivity contribution >= 4 is 22.5 Å². The summed E-state index contributed by atoms with van der Waals surface area (Å²) in [5.74, 6) is 0.790. The van der Waals surface area contributed by atoms with Crippen molar-refractivity contribution in [2.75, 3.05) is 11.1 Å². The second-order valence-electron chi connectivity index (χ2n) is 7.81. The topological polar surface area (TPSA) is 138 Å². The summed E-state index contributed by atoms with van der Waals surface area (Å²) in [7, 11) is 0. The van der Waals surface area contributed by atoms with Gasteiger partial charge in [-0.3, -0.25) is 9.36 Å². The molecule has 0 spiro atoms. The molecule has 0 aliphatic rings. The summed E-state index contributed by atoms with van der Waals surface area (Å²) < 4.78 is 21.5. The van der Waals surface area contributed by atoms with Gasteiger partial charge in [0.05, 0.1) is 22.6 Å². The number of halogens is 1. The fourth-order valence-corrected chi connectivity index (χ4v) is 3.88. The number of para-hydroxylation sites is 2. The van der Waals surface area contributed by atoms with Gasteiger partial charge in [-0.15, -0.1) is 0 Å². The summed E-state index contributed by atoms with van der Waals surface area (Å²) in [4.78, 5) is 30.9. The minimum absolute atomic E-state index is 0.0981. The maximum absolute atomic E-state index is 14.9. The molecule has 0 aliphatic carbocycles. The molecule has 0 bridgehead atoms. The fourth-order valence-electron chi connectivity index (χ4n) is 3.88. The summed E-state index contributed by atoms with van der Waals surface area (Å²) in [6.45, 7) is 3.59. The number of aromatic nitrogens is 6. The molecule has 0 fully saturated rings. The van der Waals surface area contributed by atoms with Crippen molar-refractivity contribution in [2.24, 2.45) is 0 Å². The predicted octanol–water partition coefficient (Wildman–Crippen LogP) is 3.82. The highest BCUT2D eigenvalue weighted by Gasteiger charge is 2.25. The number of rotatable bonds is 6. The number of hydrogen-bond acceptors (Lipinski definition) is 9. The largest absolute Gasteiger partial charge is 0.383 e. The highest BCUT2D eigenvalue weighted by Crippen LogP contribution is 2.32. The minimum atomic E-state index is -0.566. The number of nitrogens with one attached hydrogen (secondary N) is 1. The maximum atomic E-state index is 14.9. The van der Waals surface area contributed by atoms with Gasteiger partial charge >= 0.3 is 0 Å². The van der Waals surface area contributed by atoms with Crippen LogP contribution in [0.25, 0.3) is 28.0 Å². The molecule has 10 nitrogen and oxygen atoms in total. The number of nitrogen functional groups attached to an aromatic ring is 1. The Hall–Kier alpha value is -4.67. The molecule has 0 aliphatic heterocycles. The number of hydrogen-bond donors (Lipinski definition) is 2. The molecule has 5 aromatic rings. The van der Waals surface area contributed by atoms with E-state index in [1.807, 2.05) is 6.92 Å². The van der Waals surface area contributed by atoms with E-state index < -0.39 is 11.9 Å². The SMILES string of the molecule is CC[C@H](Nc1ncnc(N)c1-c1nc(C)no1)c1nc2ccccc2c(=O)n1-c1ccccc1F. The van der Waals surface area contributed by atoms with Crippen LogP contribution in [0, 0.1) is 12.7 Å². The van der Waals surface area contributed by atoms with Crippen molar-refractivity contribution in [3.8, 4) is 17.1 Å². The van der Waals surface area contributed by atoms with Gasteiger partial charge in [0.2, 0.25) is 0 Å². The van der Waals surface area contributed by atoms with Gasteiger partial charge in [-0.2, -0.15) is 4.98 Å². The summed E-state index contributed by atoms with van der Waals surface area (Å²) in [6, 6.07) is 12.5. The van der Waals surface area contributed by atoms with Crippen molar-refractivity contribution in [2.45, 2.75) is 26.3 Å². The van der Waals surface area contributed by atoms with Crippen LogP contribution in [0.2, 0.25) is 0 Å². The van der Waals surface area contributed by atoms with Crippen molar-refractivity contribution < 1.29 is 8.91 Å². The molecule has 176 valence electrons. The van der Waals surface area contributed by atoms with Crippen LogP contribution in [0.1, 0.15) is 31.0 Å². The molecule has 0 unspecified atom stereocenters. The molecule has 3 aromatic heterocycles. The number of nitrogens with zero attached hydrogens (tertiary/aromatic N) is 6. The molecule has 5 rings (SSSR count). The minimum Gasteiger partial charge on any atom is -0.383 e. The van der Waals surface area contributed by atoms with Gasteiger partial charge in [0, 0.05) is 0 Å². The van der Waals surface area contributed by atoms with E-state index in [0.717, 1.165) is 0 Å². The van der Waals surface area contributed by atoms with E-state index in [0.29, 0.717) is 40.4 Å². The number of fused-ring (bicyclic) bond motifs is 1.